The molecular weight excluding hydrogens is 627 g/mol. The molecule has 2 amide bonds. The van der Waals surface area contributed by atoms with E-state index in [2.05, 4.69) is 86.0 Å². The molecule has 252 valence electrons. The van der Waals surface area contributed by atoms with Gasteiger partial charge in [-0.3, -0.25) is 14.6 Å². The zero-order valence-electron chi connectivity index (χ0n) is 28.9. The predicted octanol–water partition coefficient (Wildman–Crippen LogP) is 6.74. The van der Waals surface area contributed by atoms with Gasteiger partial charge in [0.15, 0.2) is 0 Å². The van der Waals surface area contributed by atoms with E-state index in [1.807, 2.05) is 0 Å². The van der Waals surface area contributed by atoms with Gasteiger partial charge in [0.1, 0.15) is 6.73 Å². The summed E-state index contributed by atoms with van der Waals surface area (Å²) < 4.78 is 8.83. The number of hydrogen-bond acceptors (Lipinski definition) is 8. The highest BCUT2D eigenvalue weighted by Crippen LogP contribution is 2.45. The van der Waals surface area contributed by atoms with Crippen LogP contribution in [0.4, 0.5) is 5.69 Å². The van der Waals surface area contributed by atoms with Crippen LogP contribution in [0.15, 0.2) is 36.8 Å². The van der Waals surface area contributed by atoms with Gasteiger partial charge in [-0.25, -0.2) is 9.67 Å². The Morgan fingerprint density at radius 2 is 1.94 bits per heavy atom. The smallest absolute Gasteiger partial charge is 0.314 e. The van der Waals surface area contributed by atoms with Crippen molar-refractivity contribution >= 4 is 58.0 Å². The fourth-order valence-electron chi connectivity index (χ4n) is 7.19. The molecule has 0 spiro atoms. The lowest BCUT2D eigenvalue weighted by Gasteiger charge is -2.42. The predicted molar refractivity (Wildman–Crippen MR) is 191 cm³/mol. The molecule has 2 saturated heterocycles. The van der Waals surface area contributed by atoms with Crippen LogP contribution in [0.1, 0.15) is 62.6 Å². The summed E-state index contributed by atoms with van der Waals surface area (Å²) in [6.07, 6.45) is 7.86. The van der Waals surface area contributed by atoms with Crippen LogP contribution in [0.3, 0.4) is 0 Å². The maximum absolute atomic E-state index is 13.9. The summed E-state index contributed by atoms with van der Waals surface area (Å²) in [5.74, 6) is -0.497. The Labute approximate surface area is 282 Å². The third-order valence-corrected chi connectivity index (χ3v) is 12.7. The molecule has 5 heterocycles. The number of fused-ring (bicyclic) bond motifs is 2. The number of nitrogens with one attached hydrogen (secondary N) is 1. The van der Waals surface area contributed by atoms with E-state index in [0.717, 1.165) is 54.9 Å². The van der Waals surface area contributed by atoms with Crippen molar-refractivity contribution in [1.82, 2.24) is 29.5 Å². The first-order valence-corrected chi connectivity index (χ1v) is 21.4. The van der Waals surface area contributed by atoms with Gasteiger partial charge < -0.3 is 19.9 Å². The standard InChI is InChI=1S/C35H49N7O3SSi/c1-23-8-10-29(24-9-11-30-27(16-24)39-33(46-30)26-12-13-40(4)21-35(26,2)3)41(20-23)34(44)32(43)38-28-19-36-17-25-18-37-42(31(25)28)22-45-14-15-47(5,6)7/h9,11,16-19,23,26,29H,8,10,12-15,20-22H2,1-7H3,(H,38,43)/t23-,26?,29+/m0/s1. The topological polar surface area (TPSA) is 105 Å². The number of rotatable bonds is 8. The molecule has 0 saturated carbocycles. The summed E-state index contributed by atoms with van der Waals surface area (Å²) in [7, 11) is 0.968. The maximum Gasteiger partial charge on any atom is 0.314 e. The highest BCUT2D eigenvalue weighted by molar-refractivity contribution is 7.18. The van der Waals surface area contributed by atoms with Gasteiger partial charge in [0.05, 0.1) is 44.9 Å². The Hall–Kier alpha value is -3.19. The summed E-state index contributed by atoms with van der Waals surface area (Å²) in [6, 6.07) is 7.26. The molecular formula is C35H49N7O3SSi. The Balaban J connectivity index is 1.20. The van der Waals surface area contributed by atoms with Crippen molar-refractivity contribution in [3.8, 4) is 0 Å². The molecule has 2 fully saturated rings. The Morgan fingerprint density at radius 1 is 1.13 bits per heavy atom. The summed E-state index contributed by atoms with van der Waals surface area (Å²) >= 11 is 1.79. The number of ether oxygens (including phenoxy) is 1. The van der Waals surface area contributed by atoms with Crippen LogP contribution in [0.25, 0.3) is 21.1 Å². The van der Waals surface area contributed by atoms with Gasteiger partial charge in [0.25, 0.3) is 0 Å². The van der Waals surface area contributed by atoms with E-state index in [-0.39, 0.29) is 18.2 Å². The largest absolute Gasteiger partial charge is 0.360 e. The second kappa shape index (κ2) is 13.4. The summed E-state index contributed by atoms with van der Waals surface area (Å²) in [6.45, 7) is 17.3. The van der Waals surface area contributed by atoms with Crippen LogP contribution >= 0.6 is 11.3 Å². The fraction of sp³-hybridized carbons (Fsp3) is 0.571. The molecule has 4 aromatic rings. The van der Waals surface area contributed by atoms with Crippen molar-refractivity contribution in [3.05, 3.63) is 47.4 Å². The molecule has 12 heteroatoms. The number of anilines is 1. The number of likely N-dealkylation sites (tertiary alicyclic amines) is 2. The van der Waals surface area contributed by atoms with Crippen molar-refractivity contribution in [2.24, 2.45) is 11.3 Å². The Morgan fingerprint density at radius 3 is 2.70 bits per heavy atom. The van der Waals surface area contributed by atoms with Crippen LogP contribution < -0.4 is 5.32 Å². The van der Waals surface area contributed by atoms with Crippen molar-refractivity contribution in [1.29, 1.82) is 0 Å². The number of benzene rings is 1. The van der Waals surface area contributed by atoms with Crippen LogP contribution in [0.5, 0.6) is 0 Å². The lowest BCUT2D eigenvalue weighted by Crippen LogP contribution is -2.46. The van der Waals surface area contributed by atoms with Gasteiger partial charge in [0, 0.05) is 45.3 Å². The van der Waals surface area contributed by atoms with E-state index in [4.69, 9.17) is 9.72 Å². The van der Waals surface area contributed by atoms with Crippen molar-refractivity contribution in [2.45, 2.75) is 84.4 Å². The van der Waals surface area contributed by atoms with Crippen LogP contribution in [-0.4, -0.2) is 82.7 Å². The molecule has 1 N–H and O–H groups in total. The van der Waals surface area contributed by atoms with Gasteiger partial charge in [-0.05, 0) is 67.9 Å². The molecule has 0 radical (unpaired) electrons. The normalized spacial score (nSPS) is 22.2. The van der Waals surface area contributed by atoms with Gasteiger partial charge in [-0.2, -0.15) is 5.10 Å². The second-order valence-corrected chi connectivity index (χ2v) is 22.3. The number of piperidine rings is 2. The number of amides is 2. The number of aromatic nitrogens is 4. The average Bonchev–Trinajstić information content (AvgIpc) is 3.62. The fourth-order valence-corrected chi connectivity index (χ4v) is 9.24. The van der Waals surface area contributed by atoms with Crippen LogP contribution in [-0.2, 0) is 21.1 Å². The number of thiazole rings is 1. The Kier molecular flexibility index (Phi) is 9.59. The minimum Gasteiger partial charge on any atom is -0.360 e. The third kappa shape index (κ3) is 7.45. The molecule has 1 aromatic carbocycles. The van der Waals surface area contributed by atoms with Crippen molar-refractivity contribution < 1.29 is 14.3 Å². The molecule has 3 aromatic heterocycles. The molecule has 2 aliphatic rings. The summed E-state index contributed by atoms with van der Waals surface area (Å²) in [4.78, 5) is 41.1. The van der Waals surface area contributed by atoms with Gasteiger partial charge >= 0.3 is 11.8 Å². The van der Waals surface area contributed by atoms with E-state index < -0.39 is 19.9 Å². The first kappa shape index (κ1) is 33.7. The first-order valence-electron chi connectivity index (χ1n) is 16.9. The van der Waals surface area contributed by atoms with Gasteiger partial charge in [-0.15, -0.1) is 11.3 Å². The molecule has 2 aliphatic heterocycles. The zero-order valence-corrected chi connectivity index (χ0v) is 30.7. The minimum absolute atomic E-state index is 0.151. The summed E-state index contributed by atoms with van der Waals surface area (Å²) in [5, 5.41) is 9.31. The summed E-state index contributed by atoms with van der Waals surface area (Å²) in [5.41, 5.74) is 3.29. The number of pyridine rings is 1. The monoisotopic (exact) mass is 675 g/mol. The van der Waals surface area contributed by atoms with Crippen LogP contribution in [0.2, 0.25) is 25.7 Å². The van der Waals surface area contributed by atoms with Crippen LogP contribution in [0, 0.1) is 11.3 Å². The molecule has 1 unspecified atom stereocenters. The first-order chi connectivity index (χ1) is 22.3. The average molecular weight is 676 g/mol. The molecule has 0 aliphatic carbocycles. The zero-order chi connectivity index (χ0) is 33.5. The maximum atomic E-state index is 13.9. The molecule has 47 heavy (non-hydrogen) atoms. The van der Waals surface area contributed by atoms with Gasteiger partial charge in [0.2, 0.25) is 0 Å². The lowest BCUT2D eigenvalue weighted by atomic mass is 9.74. The lowest BCUT2D eigenvalue weighted by molar-refractivity contribution is -0.146. The minimum atomic E-state index is -1.23. The molecule has 6 rings (SSSR count). The van der Waals surface area contributed by atoms with E-state index in [1.54, 1.807) is 39.5 Å². The number of nitrogens with zero attached hydrogens (tertiary/aromatic N) is 6. The Bertz CT molecular complexity index is 1760. The third-order valence-electron chi connectivity index (χ3n) is 9.80. The molecule has 10 nitrogen and oxygen atoms in total. The second-order valence-electron chi connectivity index (χ2n) is 15.6. The highest BCUT2D eigenvalue weighted by Gasteiger charge is 2.38. The quantitative estimate of drug-likeness (QED) is 0.125. The van der Waals surface area contributed by atoms with E-state index >= 15 is 0 Å². The van der Waals surface area contributed by atoms with Gasteiger partial charge in [-0.1, -0.05) is 46.5 Å². The molecule has 3 atom stereocenters. The number of carbonyl (C=O) groups is 2. The SMILES string of the molecule is C[C@H]1CC[C@H](c2ccc3sc(C4CCN(C)CC4(C)C)nc3c2)N(C(=O)C(=O)Nc2cncc3cnn(COCC[Si](C)(C)C)c23)C1. The highest BCUT2D eigenvalue weighted by atomic mass is 32.1. The van der Waals surface area contributed by atoms with E-state index in [9.17, 15) is 9.59 Å². The number of hydrogen-bond donors (Lipinski definition) is 1. The van der Waals surface area contributed by atoms with E-state index in [0.29, 0.717) is 36.2 Å². The van der Waals surface area contributed by atoms with E-state index in [1.165, 1.54) is 9.71 Å². The molecule has 0 bridgehead atoms. The van der Waals surface area contributed by atoms with Crippen molar-refractivity contribution in [3.63, 3.8) is 0 Å². The number of carbonyl (C=O) groups excluding carboxylic acids is 2. The van der Waals surface area contributed by atoms with Crippen molar-refractivity contribution in [2.75, 3.05) is 38.6 Å².